The zero-order valence-electron chi connectivity index (χ0n) is 20.1. The summed E-state index contributed by atoms with van der Waals surface area (Å²) < 4.78 is 16.0. The minimum Gasteiger partial charge on any atom is -0.469 e. The standard InChI is InChI=1S/C26H34O6/c1-15(2)31-22(27)18-13-17-9-10-21-25(5,11-8-12-26(21,6)24(29)30-7)20(17)14-19(18)23(28)32-16(3)4/h9-10,13-16,21H,8,11-12H2,1-7H3/t21?,25-,26+/m1/s1. The van der Waals surface area contributed by atoms with Crippen LogP contribution in [0.3, 0.4) is 0 Å². The molecule has 0 bridgehead atoms. The number of carbonyl (C=O) groups excluding carboxylic acids is 3. The van der Waals surface area contributed by atoms with Crippen molar-refractivity contribution in [3.8, 4) is 0 Å². The van der Waals surface area contributed by atoms with Crippen LogP contribution in [0.5, 0.6) is 0 Å². The molecule has 2 aliphatic rings. The molecule has 0 heterocycles. The summed E-state index contributed by atoms with van der Waals surface area (Å²) in [7, 11) is 1.42. The van der Waals surface area contributed by atoms with Gasteiger partial charge in [-0.3, -0.25) is 4.79 Å². The molecule has 6 nitrogen and oxygen atoms in total. The van der Waals surface area contributed by atoms with Crippen LogP contribution in [-0.2, 0) is 24.4 Å². The highest BCUT2D eigenvalue weighted by Crippen LogP contribution is 2.56. The van der Waals surface area contributed by atoms with E-state index in [9.17, 15) is 14.4 Å². The molecule has 1 aromatic carbocycles. The molecule has 1 unspecified atom stereocenters. The van der Waals surface area contributed by atoms with Crippen molar-refractivity contribution in [1.29, 1.82) is 0 Å². The van der Waals surface area contributed by atoms with Crippen LogP contribution in [0.1, 0.15) is 92.6 Å². The minimum atomic E-state index is -0.663. The lowest BCUT2D eigenvalue weighted by Crippen LogP contribution is -2.51. The smallest absolute Gasteiger partial charge is 0.339 e. The summed E-state index contributed by atoms with van der Waals surface area (Å²) in [6.45, 7) is 11.2. The van der Waals surface area contributed by atoms with E-state index in [0.29, 0.717) is 0 Å². The van der Waals surface area contributed by atoms with E-state index in [1.165, 1.54) is 7.11 Å². The highest BCUT2D eigenvalue weighted by Gasteiger charge is 2.54. The highest BCUT2D eigenvalue weighted by molar-refractivity contribution is 6.04. The van der Waals surface area contributed by atoms with Gasteiger partial charge in [-0.1, -0.05) is 25.5 Å². The molecule has 0 aliphatic heterocycles. The van der Waals surface area contributed by atoms with Crippen molar-refractivity contribution >= 4 is 24.0 Å². The molecule has 1 saturated carbocycles. The van der Waals surface area contributed by atoms with Crippen molar-refractivity contribution in [2.45, 2.75) is 78.4 Å². The predicted octanol–water partition coefficient (Wildman–Crippen LogP) is 5.08. The van der Waals surface area contributed by atoms with Gasteiger partial charge in [0.05, 0.1) is 35.9 Å². The van der Waals surface area contributed by atoms with E-state index in [2.05, 4.69) is 13.0 Å². The molecule has 0 amide bonds. The van der Waals surface area contributed by atoms with Gasteiger partial charge in [-0.15, -0.1) is 0 Å². The zero-order chi connectivity index (χ0) is 23.8. The van der Waals surface area contributed by atoms with Gasteiger partial charge in [0.1, 0.15) is 0 Å². The summed E-state index contributed by atoms with van der Waals surface area (Å²) in [6, 6.07) is 3.50. The molecular weight excluding hydrogens is 408 g/mol. The maximum absolute atomic E-state index is 13.0. The van der Waals surface area contributed by atoms with Gasteiger partial charge in [0, 0.05) is 11.3 Å². The summed E-state index contributed by atoms with van der Waals surface area (Å²) >= 11 is 0. The Hall–Kier alpha value is -2.63. The van der Waals surface area contributed by atoms with Gasteiger partial charge in [-0.25, -0.2) is 9.59 Å². The molecule has 1 aromatic rings. The molecule has 0 N–H and O–H groups in total. The van der Waals surface area contributed by atoms with Crippen LogP contribution in [0.15, 0.2) is 18.2 Å². The number of carbonyl (C=O) groups is 3. The van der Waals surface area contributed by atoms with Gasteiger partial charge < -0.3 is 14.2 Å². The van der Waals surface area contributed by atoms with Gasteiger partial charge in [0.25, 0.3) is 0 Å². The maximum atomic E-state index is 13.0. The lowest BCUT2D eigenvalue weighted by Gasteiger charge is -2.51. The van der Waals surface area contributed by atoms with Gasteiger partial charge in [0.2, 0.25) is 0 Å². The average Bonchev–Trinajstić information content (AvgIpc) is 2.71. The minimum absolute atomic E-state index is 0.0915. The first-order valence-corrected chi connectivity index (χ1v) is 11.3. The Morgan fingerprint density at radius 3 is 2.03 bits per heavy atom. The van der Waals surface area contributed by atoms with Crippen LogP contribution in [0.2, 0.25) is 0 Å². The lowest BCUT2D eigenvalue weighted by molar-refractivity contribution is -0.158. The molecular formula is C26H34O6. The Morgan fingerprint density at radius 2 is 1.50 bits per heavy atom. The zero-order valence-corrected chi connectivity index (χ0v) is 20.1. The first-order valence-electron chi connectivity index (χ1n) is 11.3. The van der Waals surface area contributed by atoms with Gasteiger partial charge in [-0.2, -0.15) is 0 Å². The molecule has 0 saturated heterocycles. The number of benzene rings is 1. The van der Waals surface area contributed by atoms with E-state index in [0.717, 1.165) is 30.4 Å². The Balaban J connectivity index is 2.18. The quantitative estimate of drug-likeness (QED) is 0.467. The second kappa shape index (κ2) is 8.72. The molecule has 0 aromatic heterocycles. The fourth-order valence-corrected chi connectivity index (χ4v) is 5.37. The van der Waals surface area contributed by atoms with Crippen molar-refractivity contribution in [2.75, 3.05) is 7.11 Å². The molecule has 174 valence electrons. The predicted molar refractivity (Wildman–Crippen MR) is 121 cm³/mol. The van der Waals surface area contributed by atoms with E-state index in [1.807, 2.05) is 13.0 Å². The van der Waals surface area contributed by atoms with Crippen molar-refractivity contribution in [3.63, 3.8) is 0 Å². The largest absolute Gasteiger partial charge is 0.469 e. The van der Waals surface area contributed by atoms with E-state index in [4.69, 9.17) is 14.2 Å². The molecule has 0 spiro atoms. The Bertz CT molecular complexity index is 959. The fraction of sp³-hybridized carbons (Fsp3) is 0.577. The van der Waals surface area contributed by atoms with Gasteiger partial charge >= 0.3 is 17.9 Å². The second-order valence-corrected chi connectivity index (χ2v) is 9.91. The second-order valence-electron chi connectivity index (χ2n) is 9.91. The maximum Gasteiger partial charge on any atom is 0.339 e. The van der Waals surface area contributed by atoms with Crippen LogP contribution in [0.25, 0.3) is 6.08 Å². The summed E-state index contributed by atoms with van der Waals surface area (Å²) in [5, 5.41) is 0. The summed E-state index contributed by atoms with van der Waals surface area (Å²) in [5.41, 5.74) is 1.14. The third-order valence-corrected chi connectivity index (χ3v) is 6.82. The Morgan fingerprint density at radius 1 is 0.938 bits per heavy atom. The summed E-state index contributed by atoms with van der Waals surface area (Å²) in [5.74, 6) is -1.42. The van der Waals surface area contributed by atoms with E-state index < -0.39 is 22.8 Å². The number of rotatable bonds is 5. The van der Waals surface area contributed by atoms with Crippen LogP contribution < -0.4 is 0 Å². The van der Waals surface area contributed by atoms with Crippen LogP contribution in [0, 0.1) is 11.3 Å². The van der Waals surface area contributed by atoms with Crippen molar-refractivity contribution < 1.29 is 28.6 Å². The topological polar surface area (TPSA) is 78.9 Å². The number of esters is 3. The third kappa shape index (κ3) is 4.07. The van der Waals surface area contributed by atoms with E-state index in [1.54, 1.807) is 39.8 Å². The monoisotopic (exact) mass is 442 g/mol. The fourth-order valence-electron chi connectivity index (χ4n) is 5.37. The van der Waals surface area contributed by atoms with E-state index >= 15 is 0 Å². The summed E-state index contributed by atoms with van der Waals surface area (Å²) in [4.78, 5) is 38.6. The third-order valence-electron chi connectivity index (χ3n) is 6.82. The summed E-state index contributed by atoms with van der Waals surface area (Å²) in [6.07, 6.45) is 5.81. The number of fused-ring (bicyclic) bond motifs is 3. The number of hydrogen-bond donors (Lipinski definition) is 0. The van der Waals surface area contributed by atoms with Crippen LogP contribution in [0.4, 0.5) is 0 Å². The molecule has 6 heteroatoms. The number of allylic oxidation sites excluding steroid dienone is 1. The number of ether oxygens (including phenoxy) is 3. The van der Waals surface area contributed by atoms with Gasteiger partial charge in [-0.05, 0) is 70.7 Å². The first kappa shape index (κ1) is 24.0. The van der Waals surface area contributed by atoms with Crippen LogP contribution in [-0.4, -0.2) is 37.2 Å². The molecule has 32 heavy (non-hydrogen) atoms. The van der Waals surface area contributed by atoms with Crippen molar-refractivity contribution in [3.05, 3.63) is 40.5 Å². The SMILES string of the molecule is COC(=O)[C@@]1(C)CCC[C@]2(C)c3cc(C(=O)OC(C)C)c(C(=O)OC(C)C)cc3C=CC12. The van der Waals surface area contributed by atoms with Crippen molar-refractivity contribution in [2.24, 2.45) is 11.3 Å². The molecule has 3 rings (SSSR count). The van der Waals surface area contributed by atoms with Crippen LogP contribution >= 0.6 is 0 Å². The molecule has 0 radical (unpaired) electrons. The highest BCUT2D eigenvalue weighted by atomic mass is 16.5. The molecule has 1 fully saturated rings. The lowest BCUT2D eigenvalue weighted by atomic mass is 9.51. The van der Waals surface area contributed by atoms with Crippen molar-refractivity contribution in [1.82, 2.24) is 0 Å². The Labute approximate surface area is 190 Å². The van der Waals surface area contributed by atoms with Gasteiger partial charge in [0.15, 0.2) is 0 Å². The van der Waals surface area contributed by atoms with E-state index in [-0.39, 0.29) is 35.2 Å². The first-order chi connectivity index (χ1) is 14.9. The normalized spacial score (nSPS) is 26.3. The molecule has 2 aliphatic carbocycles. The number of hydrogen-bond acceptors (Lipinski definition) is 6. The Kier molecular flexibility index (Phi) is 6.55. The average molecular weight is 443 g/mol. The number of methoxy groups -OCH3 is 1. The molecule has 3 atom stereocenters.